The van der Waals surface area contributed by atoms with Crippen molar-refractivity contribution in [3.8, 4) is 5.75 Å². The zero-order valence-corrected chi connectivity index (χ0v) is 14.7. The molecule has 2 aromatic carbocycles. The van der Waals surface area contributed by atoms with Crippen molar-refractivity contribution >= 4 is 28.4 Å². The van der Waals surface area contributed by atoms with E-state index in [0.29, 0.717) is 13.0 Å². The first-order valence-corrected chi connectivity index (χ1v) is 8.26. The number of carbonyl (C=O) groups is 1. The van der Waals surface area contributed by atoms with E-state index in [4.69, 9.17) is 16.3 Å². The molecule has 4 nitrogen and oxygen atoms in total. The van der Waals surface area contributed by atoms with E-state index in [-0.39, 0.29) is 10.6 Å². The van der Waals surface area contributed by atoms with Crippen molar-refractivity contribution in [1.82, 2.24) is 10.3 Å². The van der Waals surface area contributed by atoms with Crippen LogP contribution in [0.4, 0.5) is 4.39 Å². The van der Waals surface area contributed by atoms with Crippen molar-refractivity contribution in [3.63, 3.8) is 0 Å². The van der Waals surface area contributed by atoms with E-state index < -0.39 is 11.7 Å². The molecule has 25 heavy (non-hydrogen) atoms. The molecule has 0 unspecified atom stereocenters. The minimum absolute atomic E-state index is 0.102. The number of rotatable bonds is 5. The Labute approximate surface area is 149 Å². The van der Waals surface area contributed by atoms with Gasteiger partial charge < -0.3 is 15.0 Å². The van der Waals surface area contributed by atoms with E-state index in [2.05, 4.69) is 10.3 Å². The Balaban J connectivity index is 1.75. The molecule has 2 N–H and O–H groups in total. The van der Waals surface area contributed by atoms with E-state index in [0.717, 1.165) is 27.9 Å². The van der Waals surface area contributed by atoms with Gasteiger partial charge in [-0.25, -0.2) is 4.39 Å². The fourth-order valence-corrected chi connectivity index (χ4v) is 3.16. The Morgan fingerprint density at radius 3 is 2.84 bits per heavy atom. The summed E-state index contributed by atoms with van der Waals surface area (Å²) in [5, 5.41) is 3.88. The quantitative estimate of drug-likeness (QED) is 0.714. The van der Waals surface area contributed by atoms with Crippen LogP contribution >= 0.6 is 11.6 Å². The Morgan fingerprint density at radius 1 is 1.32 bits per heavy atom. The predicted molar refractivity (Wildman–Crippen MR) is 97.0 cm³/mol. The number of aryl methyl sites for hydroxylation is 1. The number of aromatic nitrogens is 1. The van der Waals surface area contributed by atoms with Crippen molar-refractivity contribution in [3.05, 3.63) is 64.1 Å². The molecule has 1 heterocycles. The topological polar surface area (TPSA) is 54.1 Å². The average Bonchev–Trinajstić information content (AvgIpc) is 2.89. The number of nitrogens with one attached hydrogen (secondary N) is 2. The summed E-state index contributed by atoms with van der Waals surface area (Å²) < 4.78 is 19.1. The van der Waals surface area contributed by atoms with Crippen LogP contribution in [-0.2, 0) is 6.42 Å². The SMILES string of the molecule is COc1ccc2[nH]c(C)c(CCNC(=O)c3c(F)cccc3Cl)c2c1. The summed E-state index contributed by atoms with van der Waals surface area (Å²) in [4.78, 5) is 15.5. The van der Waals surface area contributed by atoms with Gasteiger partial charge in [0.25, 0.3) is 5.91 Å². The second kappa shape index (κ2) is 7.15. The van der Waals surface area contributed by atoms with Gasteiger partial charge in [-0.05, 0) is 49.2 Å². The molecule has 3 aromatic rings. The maximum atomic E-state index is 13.8. The van der Waals surface area contributed by atoms with Crippen molar-refractivity contribution in [2.45, 2.75) is 13.3 Å². The van der Waals surface area contributed by atoms with E-state index in [1.807, 2.05) is 25.1 Å². The van der Waals surface area contributed by atoms with Crippen LogP contribution in [0.25, 0.3) is 10.9 Å². The zero-order chi connectivity index (χ0) is 18.0. The van der Waals surface area contributed by atoms with Gasteiger partial charge in [-0.3, -0.25) is 4.79 Å². The van der Waals surface area contributed by atoms with Gasteiger partial charge in [0.15, 0.2) is 0 Å². The maximum Gasteiger partial charge on any atom is 0.255 e. The highest BCUT2D eigenvalue weighted by molar-refractivity contribution is 6.33. The van der Waals surface area contributed by atoms with Crippen LogP contribution in [0.3, 0.4) is 0 Å². The number of hydrogen-bond acceptors (Lipinski definition) is 2. The van der Waals surface area contributed by atoms with Crippen molar-refractivity contribution in [2.75, 3.05) is 13.7 Å². The molecule has 0 aliphatic heterocycles. The number of fused-ring (bicyclic) bond motifs is 1. The molecule has 0 aliphatic rings. The van der Waals surface area contributed by atoms with Gasteiger partial charge in [-0.15, -0.1) is 0 Å². The molecule has 0 saturated heterocycles. The number of amides is 1. The van der Waals surface area contributed by atoms with Crippen molar-refractivity contribution < 1.29 is 13.9 Å². The molecule has 0 saturated carbocycles. The smallest absolute Gasteiger partial charge is 0.255 e. The van der Waals surface area contributed by atoms with E-state index in [1.54, 1.807) is 7.11 Å². The molecule has 0 bridgehead atoms. The molecule has 1 amide bonds. The fourth-order valence-electron chi connectivity index (χ4n) is 2.91. The molecule has 130 valence electrons. The number of ether oxygens (including phenoxy) is 1. The average molecular weight is 361 g/mol. The predicted octanol–water partition coefficient (Wildman–Crippen LogP) is 4.25. The van der Waals surface area contributed by atoms with Gasteiger partial charge in [-0.1, -0.05) is 17.7 Å². The third kappa shape index (κ3) is 3.46. The van der Waals surface area contributed by atoms with Crippen LogP contribution in [0.2, 0.25) is 5.02 Å². The van der Waals surface area contributed by atoms with E-state index in [1.165, 1.54) is 18.2 Å². The van der Waals surface area contributed by atoms with Gasteiger partial charge in [0, 0.05) is 23.1 Å². The first kappa shape index (κ1) is 17.3. The molecular formula is C19H18ClFN2O2. The monoisotopic (exact) mass is 360 g/mol. The molecule has 0 spiro atoms. The van der Waals surface area contributed by atoms with Crippen LogP contribution in [0, 0.1) is 12.7 Å². The number of carbonyl (C=O) groups excluding carboxylic acids is 1. The van der Waals surface area contributed by atoms with Crippen LogP contribution in [-0.4, -0.2) is 24.5 Å². The lowest BCUT2D eigenvalue weighted by Gasteiger charge is -2.08. The summed E-state index contributed by atoms with van der Waals surface area (Å²) in [7, 11) is 1.62. The minimum atomic E-state index is -0.627. The summed E-state index contributed by atoms with van der Waals surface area (Å²) in [6.07, 6.45) is 0.608. The standard InChI is InChI=1S/C19H18ClFN2O2/c1-11-13(14-10-12(25-2)6-7-17(14)23-11)8-9-22-19(24)18-15(20)4-3-5-16(18)21/h3-7,10,23H,8-9H2,1-2H3,(H,22,24). The Morgan fingerprint density at radius 2 is 2.12 bits per heavy atom. The second-order valence-corrected chi connectivity index (χ2v) is 6.15. The van der Waals surface area contributed by atoms with Crippen LogP contribution in [0.1, 0.15) is 21.6 Å². The number of methoxy groups -OCH3 is 1. The maximum absolute atomic E-state index is 13.8. The van der Waals surface area contributed by atoms with E-state index in [9.17, 15) is 9.18 Å². The molecule has 1 aromatic heterocycles. The zero-order valence-electron chi connectivity index (χ0n) is 14.0. The molecular weight excluding hydrogens is 343 g/mol. The molecule has 0 radical (unpaired) electrons. The van der Waals surface area contributed by atoms with Gasteiger partial charge in [0.1, 0.15) is 11.6 Å². The first-order chi connectivity index (χ1) is 12.0. The largest absolute Gasteiger partial charge is 0.497 e. The lowest BCUT2D eigenvalue weighted by molar-refractivity contribution is 0.0950. The number of benzene rings is 2. The highest BCUT2D eigenvalue weighted by Crippen LogP contribution is 2.26. The van der Waals surface area contributed by atoms with Gasteiger partial charge in [0.05, 0.1) is 17.7 Å². The summed E-state index contributed by atoms with van der Waals surface area (Å²) >= 11 is 5.92. The second-order valence-electron chi connectivity index (χ2n) is 5.74. The van der Waals surface area contributed by atoms with Crippen molar-refractivity contribution in [1.29, 1.82) is 0 Å². The normalized spacial score (nSPS) is 10.9. The van der Waals surface area contributed by atoms with E-state index >= 15 is 0 Å². The third-order valence-electron chi connectivity index (χ3n) is 4.18. The van der Waals surface area contributed by atoms with Gasteiger partial charge in [-0.2, -0.15) is 0 Å². The lowest BCUT2D eigenvalue weighted by Crippen LogP contribution is -2.27. The summed E-state index contributed by atoms with van der Waals surface area (Å²) in [6, 6.07) is 10.00. The summed E-state index contributed by atoms with van der Waals surface area (Å²) in [5.74, 6) is -0.369. The Bertz CT molecular complexity index is 916. The highest BCUT2D eigenvalue weighted by Gasteiger charge is 2.16. The molecule has 3 rings (SSSR count). The molecule has 6 heteroatoms. The summed E-state index contributed by atoms with van der Waals surface area (Å²) in [6.45, 7) is 2.35. The van der Waals surface area contributed by atoms with Crippen LogP contribution in [0.5, 0.6) is 5.75 Å². The first-order valence-electron chi connectivity index (χ1n) is 7.88. The molecule has 0 fully saturated rings. The number of halogens is 2. The fraction of sp³-hybridized carbons (Fsp3) is 0.211. The highest BCUT2D eigenvalue weighted by atomic mass is 35.5. The number of H-pyrrole nitrogens is 1. The van der Waals surface area contributed by atoms with Crippen LogP contribution in [0.15, 0.2) is 36.4 Å². The molecule has 0 aliphatic carbocycles. The lowest BCUT2D eigenvalue weighted by atomic mass is 10.1. The van der Waals surface area contributed by atoms with Crippen LogP contribution < -0.4 is 10.1 Å². The molecule has 0 atom stereocenters. The summed E-state index contributed by atoms with van der Waals surface area (Å²) in [5.41, 5.74) is 3.01. The minimum Gasteiger partial charge on any atom is -0.497 e. The number of hydrogen-bond donors (Lipinski definition) is 2. The number of aromatic amines is 1. The Hall–Kier alpha value is -2.53. The van der Waals surface area contributed by atoms with Crippen molar-refractivity contribution in [2.24, 2.45) is 0 Å². The Kier molecular flexibility index (Phi) is 4.95. The van der Waals surface area contributed by atoms with Gasteiger partial charge in [0.2, 0.25) is 0 Å². The van der Waals surface area contributed by atoms with Gasteiger partial charge >= 0.3 is 0 Å². The third-order valence-corrected chi connectivity index (χ3v) is 4.49.